The molecule has 0 aliphatic heterocycles. The second-order valence-corrected chi connectivity index (χ2v) is 15.3. The minimum atomic E-state index is -10.7. The van der Waals surface area contributed by atoms with E-state index in [2.05, 4.69) is 61.5 Å². The fraction of sp³-hybridized carbons (Fsp3) is 0.538. The van der Waals surface area contributed by atoms with Gasteiger partial charge in [0.1, 0.15) is 5.75 Å². The molecule has 0 heterocycles. The first-order chi connectivity index (χ1) is 17.2. The van der Waals surface area contributed by atoms with E-state index >= 15 is 0 Å². The van der Waals surface area contributed by atoms with Gasteiger partial charge >= 0.3 is 54.2 Å². The summed E-state index contributed by atoms with van der Waals surface area (Å²) in [7, 11) is -11.4. The van der Waals surface area contributed by atoms with Gasteiger partial charge in [-0.3, -0.25) is 0 Å². The average molecular weight is 685 g/mol. The molecule has 2 rings (SSSR count). The fourth-order valence-electron chi connectivity index (χ4n) is 3.52. The van der Waals surface area contributed by atoms with Crippen LogP contribution < -0.4 is 25.6 Å². The Bertz CT molecular complexity index is 844. The van der Waals surface area contributed by atoms with Crippen molar-refractivity contribution in [3.8, 4) is 5.75 Å². The van der Waals surface area contributed by atoms with E-state index in [1.54, 1.807) is 0 Å². The normalized spacial score (nSPS) is 14.5. The molecule has 0 aromatic heterocycles. The van der Waals surface area contributed by atoms with Crippen molar-refractivity contribution in [3.63, 3.8) is 0 Å². The molecule has 1 atom stereocenters. The van der Waals surface area contributed by atoms with Gasteiger partial charge in [0.15, 0.2) is 7.14 Å². The van der Waals surface area contributed by atoms with Crippen molar-refractivity contribution < 1.29 is 55.9 Å². The van der Waals surface area contributed by atoms with Crippen LogP contribution in [0.1, 0.15) is 77.6 Å². The molecule has 1 N–H and O–H groups in total. The molecule has 1 unspecified atom stereocenters. The Hall–Kier alpha value is -0.843. The first-order valence-corrected chi connectivity index (χ1v) is 18.7. The van der Waals surface area contributed by atoms with Crippen LogP contribution in [-0.4, -0.2) is 21.0 Å². The van der Waals surface area contributed by atoms with Gasteiger partial charge in [0.2, 0.25) is 9.76 Å². The van der Waals surface area contributed by atoms with Gasteiger partial charge in [0, 0.05) is 0 Å². The Morgan fingerprint density at radius 3 is 1.70 bits per heavy atom. The molecule has 0 aliphatic carbocycles. The molecule has 0 radical (unpaired) electrons. The van der Waals surface area contributed by atoms with Crippen molar-refractivity contribution in [1.82, 2.24) is 0 Å². The van der Waals surface area contributed by atoms with Crippen LogP contribution in [-0.2, 0) is 0 Å². The molecule has 11 heteroatoms. The predicted octanol–water partition coefficient (Wildman–Crippen LogP) is 6.75. The first kappa shape index (κ1) is 34.2. The Balaban J connectivity index is 0.000000856. The molecule has 0 amide bonds. The summed E-state index contributed by atoms with van der Waals surface area (Å²) in [5.41, 5.74) is 0. The summed E-state index contributed by atoms with van der Waals surface area (Å²) >= 11 is -0.110. The number of halogens is 7. The summed E-state index contributed by atoms with van der Waals surface area (Å²) < 4.78 is 68.0. The van der Waals surface area contributed by atoms with E-state index in [0.717, 1.165) is 24.6 Å². The Kier molecular flexibility index (Phi) is 15.1. The zero-order valence-corrected chi connectivity index (χ0v) is 25.9. The van der Waals surface area contributed by atoms with Crippen LogP contribution in [0.2, 0.25) is 6.04 Å². The maximum atomic E-state index is 10.2. The molecule has 0 saturated heterocycles. The molecular formula is C26H40F6IO2PSi. The zero-order valence-electron chi connectivity index (χ0n) is 21.4. The van der Waals surface area contributed by atoms with Crippen molar-refractivity contribution in [2.24, 2.45) is 0 Å². The van der Waals surface area contributed by atoms with Crippen LogP contribution in [0.3, 0.4) is 0 Å². The van der Waals surface area contributed by atoms with Gasteiger partial charge in [-0.15, -0.1) is 0 Å². The first-order valence-electron chi connectivity index (χ1n) is 12.9. The third-order valence-electron chi connectivity index (χ3n) is 5.38. The van der Waals surface area contributed by atoms with Gasteiger partial charge in [-0.1, -0.05) is 89.3 Å². The summed E-state index contributed by atoms with van der Waals surface area (Å²) in [6.45, 7) is 2.27. The number of benzene rings is 2. The van der Waals surface area contributed by atoms with Crippen molar-refractivity contribution in [2.75, 3.05) is 0 Å². The van der Waals surface area contributed by atoms with E-state index in [9.17, 15) is 30.3 Å². The van der Waals surface area contributed by atoms with E-state index in [1.165, 1.54) is 64.9 Å². The summed E-state index contributed by atoms with van der Waals surface area (Å²) in [5.74, 6) is 0.966. The molecule has 2 aromatic rings. The third-order valence-corrected chi connectivity index (χ3v) is 9.50. The Morgan fingerprint density at radius 1 is 0.730 bits per heavy atom. The summed E-state index contributed by atoms with van der Waals surface area (Å²) in [5, 5.41) is 10.2. The number of aliphatic hydroxyl groups is 1. The van der Waals surface area contributed by atoms with Crippen LogP contribution in [0.15, 0.2) is 54.6 Å². The van der Waals surface area contributed by atoms with Crippen LogP contribution in [0, 0.1) is 7.14 Å². The van der Waals surface area contributed by atoms with Crippen molar-refractivity contribution in [3.05, 3.63) is 61.7 Å². The number of hydrogen-bond donors (Lipinski definition) is 1. The zero-order chi connectivity index (χ0) is 27.7. The van der Waals surface area contributed by atoms with Crippen LogP contribution in [0.4, 0.5) is 25.2 Å². The second-order valence-electron chi connectivity index (χ2n) is 9.06. The van der Waals surface area contributed by atoms with Crippen LogP contribution in [0.25, 0.3) is 0 Å². The van der Waals surface area contributed by atoms with Crippen molar-refractivity contribution >= 4 is 17.6 Å². The Labute approximate surface area is 230 Å². The standard InChI is InChI=1S/C26H40IO2Si.F6P/c1-2-3-4-5-6-7-8-9-10-14-17-25(28)22-30-29-26-20-18-24(19-21-26)27-23-15-12-11-13-16-23;1-7(2,3,4,5)6/h11-13,15-16,18-21,25,28H,2-10,14,17,22,30H2,1H3;/q+1;-1. The molecule has 2 nitrogen and oxygen atoms in total. The average Bonchev–Trinajstić information content (AvgIpc) is 2.80. The van der Waals surface area contributed by atoms with Crippen molar-refractivity contribution in [2.45, 2.75) is 89.7 Å². The monoisotopic (exact) mass is 684 g/mol. The van der Waals surface area contributed by atoms with Gasteiger partial charge in [-0.25, -0.2) is 0 Å². The van der Waals surface area contributed by atoms with Gasteiger partial charge < -0.3 is 9.53 Å². The van der Waals surface area contributed by atoms with Gasteiger partial charge in [0.05, 0.1) is 6.10 Å². The van der Waals surface area contributed by atoms with E-state index < -0.39 is 17.6 Å². The quantitative estimate of drug-likeness (QED) is 0.0658. The van der Waals surface area contributed by atoms with E-state index in [4.69, 9.17) is 4.43 Å². The minimum absolute atomic E-state index is 0.110. The van der Waals surface area contributed by atoms with Crippen LogP contribution in [0.5, 0.6) is 5.75 Å². The number of unbranched alkanes of at least 4 members (excludes halogenated alkanes) is 9. The molecule has 0 fully saturated rings. The number of aliphatic hydroxyl groups excluding tert-OH is 1. The molecule has 0 aliphatic rings. The Morgan fingerprint density at radius 2 is 1.19 bits per heavy atom. The van der Waals surface area contributed by atoms with Crippen molar-refractivity contribution in [1.29, 1.82) is 0 Å². The molecule has 0 saturated carbocycles. The van der Waals surface area contributed by atoms with Crippen LogP contribution >= 0.6 is 7.81 Å². The molecule has 2 aromatic carbocycles. The van der Waals surface area contributed by atoms with E-state index in [-0.39, 0.29) is 27.3 Å². The molecule has 0 bridgehead atoms. The molecular weight excluding hydrogens is 644 g/mol. The molecule has 0 spiro atoms. The molecule has 214 valence electrons. The molecule has 37 heavy (non-hydrogen) atoms. The number of hydrogen-bond acceptors (Lipinski definition) is 2. The summed E-state index contributed by atoms with van der Waals surface area (Å²) in [4.78, 5) is 0. The summed E-state index contributed by atoms with van der Waals surface area (Å²) in [6.07, 6.45) is 14.2. The van der Waals surface area contributed by atoms with Gasteiger partial charge in [-0.05, 0) is 48.9 Å². The second kappa shape index (κ2) is 16.3. The maximum absolute atomic E-state index is 10.7. The topological polar surface area (TPSA) is 29.5 Å². The SMILES string of the molecule is CCCCCCCCCCCCC(O)C[SiH2]Oc1ccc([I+]c2ccccc2)cc1.F[P-](F)(F)(F)(F)F. The van der Waals surface area contributed by atoms with Gasteiger partial charge in [-0.2, -0.15) is 0 Å². The van der Waals surface area contributed by atoms with Gasteiger partial charge in [0.25, 0.3) is 0 Å². The summed E-state index contributed by atoms with van der Waals surface area (Å²) in [6, 6.07) is 20.2. The number of rotatable bonds is 17. The predicted molar refractivity (Wildman–Crippen MR) is 140 cm³/mol. The fourth-order valence-corrected chi connectivity index (χ4v) is 6.84. The third kappa shape index (κ3) is 25.2. The van der Waals surface area contributed by atoms with E-state index in [1.807, 2.05) is 0 Å². The van der Waals surface area contributed by atoms with E-state index in [0.29, 0.717) is 0 Å².